The Balaban J connectivity index is 2.05. The average molecular weight is 302 g/mol. The minimum atomic E-state index is -1.11. The van der Waals surface area contributed by atoms with E-state index in [9.17, 15) is 10.2 Å². The minimum absolute atomic E-state index is 0.240. The lowest BCUT2D eigenvalue weighted by Gasteiger charge is -2.21. The average Bonchev–Trinajstić information content (AvgIpc) is 2.81. The fourth-order valence-corrected chi connectivity index (χ4v) is 3.48. The van der Waals surface area contributed by atoms with E-state index in [1.807, 2.05) is 0 Å². The van der Waals surface area contributed by atoms with Crippen LogP contribution in [0.2, 0.25) is 10.0 Å². The first-order valence-electron chi connectivity index (χ1n) is 6.00. The Kier molecular flexibility index (Phi) is 3.02. The normalized spacial score (nSPS) is 36.9. The Hall–Kier alpha value is -0.810. The van der Waals surface area contributed by atoms with Gasteiger partial charge in [-0.2, -0.15) is 0 Å². The lowest BCUT2D eigenvalue weighted by molar-refractivity contribution is -0.0738. The summed E-state index contributed by atoms with van der Waals surface area (Å²) in [6.07, 6.45) is -1.05. The van der Waals surface area contributed by atoms with Crippen molar-refractivity contribution >= 4 is 28.9 Å². The van der Waals surface area contributed by atoms with E-state index >= 15 is 0 Å². The number of halogens is 2. The number of hydrogen-bond donors (Lipinski definition) is 2. The summed E-state index contributed by atoms with van der Waals surface area (Å²) in [4.78, 5) is 5.30. The van der Waals surface area contributed by atoms with Crippen molar-refractivity contribution in [3.05, 3.63) is 33.8 Å². The second-order valence-electron chi connectivity index (χ2n) is 5.25. The number of fused-ring (bicyclic) bond motifs is 1. The van der Waals surface area contributed by atoms with Crippen LogP contribution >= 0.6 is 23.2 Å². The third-order valence-electron chi connectivity index (χ3n) is 3.78. The Morgan fingerprint density at radius 1 is 1.37 bits per heavy atom. The van der Waals surface area contributed by atoms with Crippen LogP contribution in [0.3, 0.4) is 0 Å². The van der Waals surface area contributed by atoms with Gasteiger partial charge in [-0.05, 0) is 19.1 Å². The van der Waals surface area contributed by atoms with Gasteiger partial charge in [0.15, 0.2) is 6.10 Å². The number of hydrogen-bond acceptors (Lipinski definition) is 4. The number of aliphatic hydroxyl groups is 2. The molecule has 0 unspecified atom stereocenters. The highest BCUT2D eigenvalue weighted by atomic mass is 35.5. The maximum atomic E-state index is 10.2. The number of oxime groups is 1. The summed E-state index contributed by atoms with van der Waals surface area (Å²) in [6, 6.07) is 5.15. The maximum absolute atomic E-state index is 10.2. The molecule has 0 radical (unpaired) electrons. The number of benzene rings is 1. The van der Waals surface area contributed by atoms with E-state index in [0.717, 1.165) is 0 Å². The molecule has 0 spiro atoms. The molecule has 1 aliphatic carbocycles. The van der Waals surface area contributed by atoms with Gasteiger partial charge in [0, 0.05) is 12.0 Å². The molecule has 4 atom stereocenters. The van der Waals surface area contributed by atoms with Crippen LogP contribution in [0.4, 0.5) is 0 Å². The lowest BCUT2D eigenvalue weighted by atomic mass is 9.91. The quantitative estimate of drug-likeness (QED) is 0.836. The molecule has 0 saturated heterocycles. The molecule has 1 aromatic rings. The third kappa shape index (κ3) is 1.94. The Morgan fingerprint density at radius 2 is 2.00 bits per heavy atom. The van der Waals surface area contributed by atoms with E-state index < -0.39 is 23.7 Å². The van der Waals surface area contributed by atoms with Crippen molar-refractivity contribution in [1.29, 1.82) is 0 Å². The van der Waals surface area contributed by atoms with Crippen molar-refractivity contribution in [2.75, 3.05) is 0 Å². The molecule has 1 saturated carbocycles. The first-order chi connectivity index (χ1) is 8.92. The molecule has 0 amide bonds. The van der Waals surface area contributed by atoms with Crippen LogP contribution < -0.4 is 0 Å². The fourth-order valence-electron chi connectivity index (χ4n) is 2.89. The van der Waals surface area contributed by atoms with Crippen molar-refractivity contribution in [3.63, 3.8) is 0 Å². The summed E-state index contributed by atoms with van der Waals surface area (Å²) < 4.78 is 0. The molecule has 1 heterocycles. The molecule has 0 aromatic heterocycles. The number of rotatable bonds is 1. The van der Waals surface area contributed by atoms with Crippen molar-refractivity contribution < 1.29 is 15.1 Å². The number of nitrogens with zero attached hydrogens (tertiary/aromatic N) is 1. The zero-order valence-corrected chi connectivity index (χ0v) is 11.7. The van der Waals surface area contributed by atoms with Gasteiger partial charge in [0.25, 0.3) is 0 Å². The molecule has 0 bridgehead atoms. The largest absolute Gasteiger partial charge is 0.392 e. The molecule has 1 aliphatic heterocycles. The molecule has 1 fully saturated rings. The molecule has 2 aliphatic rings. The predicted octanol–water partition coefficient (Wildman–Crippen LogP) is 2.23. The van der Waals surface area contributed by atoms with Gasteiger partial charge in [0.2, 0.25) is 0 Å². The van der Waals surface area contributed by atoms with Crippen molar-refractivity contribution in [3.8, 4) is 0 Å². The van der Waals surface area contributed by atoms with Crippen LogP contribution in [0.25, 0.3) is 0 Å². The predicted molar refractivity (Wildman–Crippen MR) is 72.6 cm³/mol. The highest BCUT2D eigenvalue weighted by molar-refractivity contribution is 6.40. The van der Waals surface area contributed by atoms with Crippen LogP contribution in [0, 0.1) is 5.92 Å². The van der Waals surface area contributed by atoms with E-state index in [0.29, 0.717) is 21.3 Å². The smallest absolute Gasteiger partial charge is 0.166 e. The zero-order valence-electron chi connectivity index (χ0n) is 10.2. The Bertz CT molecular complexity index is 539. The van der Waals surface area contributed by atoms with Crippen molar-refractivity contribution in [2.45, 2.75) is 31.2 Å². The van der Waals surface area contributed by atoms with Crippen molar-refractivity contribution in [1.82, 2.24) is 0 Å². The van der Waals surface area contributed by atoms with Gasteiger partial charge in [-0.1, -0.05) is 34.4 Å². The van der Waals surface area contributed by atoms with Crippen LogP contribution in [0.5, 0.6) is 0 Å². The Labute approximate surface area is 120 Å². The summed E-state index contributed by atoms with van der Waals surface area (Å²) in [5.41, 5.74) is -0.0377. The SMILES string of the molecule is C[C@@]1(O)C[C@H](O)[C@@H]2C(c3c(Cl)cccc3Cl)=NO[C@@H]21. The zero-order chi connectivity index (χ0) is 13.8. The Morgan fingerprint density at radius 3 is 2.63 bits per heavy atom. The topological polar surface area (TPSA) is 62.0 Å². The van der Waals surface area contributed by atoms with Crippen molar-refractivity contribution in [2.24, 2.45) is 11.1 Å². The minimum Gasteiger partial charge on any atom is -0.392 e. The van der Waals surface area contributed by atoms with Crippen LogP contribution in [-0.2, 0) is 4.84 Å². The molecule has 4 nitrogen and oxygen atoms in total. The first-order valence-corrected chi connectivity index (χ1v) is 6.76. The molecule has 102 valence electrons. The van der Waals surface area contributed by atoms with E-state index in [1.54, 1.807) is 25.1 Å². The lowest BCUT2D eigenvalue weighted by Crippen LogP contribution is -2.37. The van der Waals surface area contributed by atoms with E-state index in [1.165, 1.54) is 0 Å². The monoisotopic (exact) mass is 301 g/mol. The second-order valence-corrected chi connectivity index (χ2v) is 6.07. The summed E-state index contributed by atoms with van der Waals surface area (Å²) in [6.45, 7) is 1.63. The highest BCUT2D eigenvalue weighted by Gasteiger charge is 2.57. The van der Waals surface area contributed by atoms with E-state index in [-0.39, 0.29) is 6.42 Å². The van der Waals surface area contributed by atoms with Gasteiger partial charge in [0.05, 0.1) is 27.8 Å². The van der Waals surface area contributed by atoms with Crippen LogP contribution in [0.1, 0.15) is 18.9 Å². The molecule has 2 N–H and O–H groups in total. The van der Waals surface area contributed by atoms with Gasteiger partial charge < -0.3 is 15.1 Å². The summed E-state index contributed by atoms with van der Waals surface area (Å²) >= 11 is 12.3. The molecule has 19 heavy (non-hydrogen) atoms. The molecular weight excluding hydrogens is 289 g/mol. The van der Waals surface area contributed by atoms with Gasteiger partial charge in [-0.3, -0.25) is 0 Å². The van der Waals surface area contributed by atoms with Gasteiger partial charge in [-0.15, -0.1) is 0 Å². The molecular formula is C13H13Cl2NO3. The third-order valence-corrected chi connectivity index (χ3v) is 4.41. The second kappa shape index (κ2) is 4.35. The standard InChI is InChI=1S/C13H13Cl2NO3/c1-13(18)5-8(17)10-11(16-19-12(10)13)9-6(14)3-2-4-7(9)15/h2-4,8,10,12,17-18H,5H2,1H3/t8-,10+,12-,13+/m0/s1. The van der Waals surface area contributed by atoms with Crippen LogP contribution in [-0.4, -0.2) is 33.7 Å². The highest BCUT2D eigenvalue weighted by Crippen LogP contribution is 2.44. The van der Waals surface area contributed by atoms with E-state index in [4.69, 9.17) is 28.0 Å². The summed E-state index contributed by atoms with van der Waals surface area (Å²) in [7, 11) is 0. The molecule has 3 rings (SSSR count). The fraction of sp³-hybridized carbons (Fsp3) is 0.462. The number of aliphatic hydroxyl groups excluding tert-OH is 1. The molecule has 1 aromatic carbocycles. The van der Waals surface area contributed by atoms with Gasteiger partial charge >= 0.3 is 0 Å². The molecule has 6 heteroatoms. The summed E-state index contributed by atoms with van der Waals surface area (Å²) in [5.74, 6) is -0.410. The van der Waals surface area contributed by atoms with Gasteiger partial charge in [-0.25, -0.2) is 0 Å². The summed E-state index contributed by atoms with van der Waals surface area (Å²) in [5, 5.41) is 25.2. The van der Waals surface area contributed by atoms with E-state index in [2.05, 4.69) is 5.16 Å². The maximum Gasteiger partial charge on any atom is 0.166 e. The first kappa shape index (κ1) is 13.2. The van der Waals surface area contributed by atoms with Gasteiger partial charge in [0.1, 0.15) is 5.60 Å². The van der Waals surface area contributed by atoms with Crippen LogP contribution in [0.15, 0.2) is 23.4 Å².